The minimum Gasteiger partial charge on any atom is -0.381 e. The maximum absolute atomic E-state index is 6.18. The van der Waals surface area contributed by atoms with Crippen molar-refractivity contribution in [2.24, 2.45) is 0 Å². The smallest absolute Gasteiger partial charge is 0.0702 e. The van der Waals surface area contributed by atoms with Gasteiger partial charge < -0.3 is 10.1 Å². The number of anilines is 1. The van der Waals surface area contributed by atoms with E-state index < -0.39 is 0 Å². The van der Waals surface area contributed by atoms with Crippen LogP contribution in [0.15, 0.2) is 22.7 Å². The molecule has 0 amide bonds. The Kier molecular flexibility index (Phi) is 4.37. The van der Waals surface area contributed by atoms with E-state index in [1.165, 1.54) is 47.8 Å². The molecule has 2 aliphatic rings. The number of hydrogen-bond donors (Lipinski definition) is 1. The predicted molar refractivity (Wildman–Crippen MR) is 87.3 cm³/mol. The molecule has 1 N–H and O–H groups in total. The molecule has 0 bridgehead atoms. The van der Waals surface area contributed by atoms with Crippen LogP contribution in [0.4, 0.5) is 5.69 Å². The fraction of sp³-hybridized carbons (Fsp3) is 0.647. The fourth-order valence-corrected chi connectivity index (χ4v) is 4.05. The Labute approximate surface area is 130 Å². The zero-order valence-corrected chi connectivity index (χ0v) is 13.8. The topological polar surface area (TPSA) is 21.3 Å². The summed E-state index contributed by atoms with van der Waals surface area (Å²) in [6.45, 7) is 3.04. The van der Waals surface area contributed by atoms with Gasteiger partial charge in [-0.25, -0.2) is 0 Å². The molecule has 1 aromatic carbocycles. The molecule has 1 saturated carbocycles. The van der Waals surface area contributed by atoms with Gasteiger partial charge in [0.1, 0.15) is 0 Å². The summed E-state index contributed by atoms with van der Waals surface area (Å²) in [6.07, 6.45) is 8.82. The molecule has 1 spiro atoms. The number of ether oxygens (including phenoxy) is 1. The molecule has 1 aliphatic carbocycles. The van der Waals surface area contributed by atoms with Gasteiger partial charge in [0.2, 0.25) is 0 Å². The highest BCUT2D eigenvalue weighted by Gasteiger charge is 2.38. The normalized spacial score (nSPS) is 25.6. The summed E-state index contributed by atoms with van der Waals surface area (Å²) in [5.74, 6) is 0. The molecule has 1 unspecified atom stereocenters. The van der Waals surface area contributed by atoms with Crippen LogP contribution in [0, 0.1) is 6.92 Å². The lowest BCUT2D eigenvalue weighted by Crippen LogP contribution is -2.45. The average Bonchev–Trinajstić information content (AvgIpc) is 2.45. The van der Waals surface area contributed by atoms with Crippen LogP contribution in [-0.4, -0.2) is 18.2 Å². The van der Waals surface area contributed by atoms with Crippen molar-refractivity contribution in [1.82, 2.24) is 0 Å². The number of halogens is 1. The van der Waals surface area contributed by atoms with Gasteiger partial charge in [0.25, 0.3) is 0 Å². The van der Waals surface area contributed by atoms with E-state index in [2.05, 4.69) is 46.4 Å². The molecule has 20 heavy (non-hydrogen) atoms. The van der Waals surface area contributed by atoms with Crippen molar-refractivity contribution in [1.29, 1.82) is 0 Å². The zero-order chi connectivity index (χ0) is 14.0. The third-order valence-electron chi connectivity index (χ3n) is 4.81. The standard InChI is InChI=1S/C17H24BrNO/c1-13-6-5-7-15(16(13)18)19-14-8-11-20-17(12-14)9-3-2-4-10-17/h5-7,14,19H,2-4,8-12H2,1H3. The van der Waals surface area contributed by atoms with Crippen LogP contribution in [-0.2, 0) is 4.74 Å². The van der Waals surface area contributed by atoms with Crippen molar-refractivity contribution in [3.8, 4) is 0 Å². The molecule has 2 nitrogen and oxygen atoms in total. The minimum absolute atomic E-state index is 0.171. The Hall–Kier alpha value is -0.540. The van der Waals surface area contributed by atoms with E-state index in [1.807, 2.05) is 0 Å². The first-order valence-corrected chi connectivity index (χ1v) is 8.63. The van der Waals surface area contributed by atoms with Crippen LogP contribution < -0.4 is 5.32 Å². The summed E-state index contributed by atoms with van der Waals surface area (Å²) < 4.78 is 7.37. The van der Waals surface area contributed by atoms with Gasteiger partial charge in [0, 0.05) is 22.8 Å². The van der Waals surface area contributed by atoms with Gasteiger partial charge in [-0.3, -0.25) is 0 Å². The average molecular weight is 338 g/mol. The Balaban J connectivity index is 1.69. The van der Waals surface area contributed by atoms with Crippen molar-refractivity contribution in [2.45, 2.75) is 63.5 Å². The molecule has 0 aromatic heterocycles. The predicted octanol–water partition coefficient (Wildman–Crippen LogP) is 5.05. The molecule has 1 aliphatic heterocycles. The first-order valence-electron chi connectivity index (χ1n) is 7.84. The number of benzene rings is 1. The van der Waals surface area contributed by atoms with E-state index in [1.54, 1.807) is 0 Å². The van der Waals surface area contributed by atoms with Crippen LogP contribution in [0.3, 0.4) is 0 Å². The Morgan fingerprint density at radius 3 is 2.85 bits per heavy atom. The van der Waals surface area contributed by atoms with Crippen molar-refractivity contribution < 1.29 is 4.74 Å². The van der Waals surface area contributed by atoms with Crippen molar-refractivity contribution in [2.75, 3.05) is 11.9 Å². The molecular weight excluding hydrogens is 314 g/mol. The third kappa shape index (κ3) is 3.04. The number of hydrogen-bond acceptors (Lipinski definition) is 2. The molecule has 110 valence electrons. The van der Waals surface area contributed by atoms with E-state index in [-0.39, 0.29) is 5.60 Å². The molecule has 3 heteroatoms. The molecule has 0 radical (unpaired) electrons. The fourth-order valence-electron chi connectivity index (χ4n) is 3.67. The Morgan fingerprint density at radius 2 is 2.05 bits per heavy atom. The molecule has 1 heterocycles. The van der Waals surface area contributed by atoms with Crippen LogP contribution in [0.2, 0.25) is 0 Å². The zero-order valence-electron chi connectivity index (χ0n) is 12.3. The number of nitrogens with one attached hydrogen (secondary N) is 1. The quantitative estimate of drug-likeness (QED) is 0.815. The highest BCUT2D eigenvalue weighted by molar-refractivity contribution is 9.10. The molecule has 3 rings (SSSR count). The third-order valence-corrected chi connectivity index (χ3v) is 5.86. The lowest BCUT2D eigenvalue weighted by atomic mass is 9.78. The van der Waals surface area contributed by atoms with Gasteiger partial charge in [0.15, 0.2) is 0 Å². The first kappa shape index (κ1) is 14.4. The second kappa shape index (κ2) is 6.07. The van der Waals surface area contributed by atoms with Crippen LogP contribution in [0.1, 0.15) is 50.5 Å². The highest BCUT2D eigenvalue weighted by atomic mass is 79.9. The SMILES string of the molecule is Cc1cccc(NC2CCOC3(CCCCC3)C2)c1Br. The van der Waals surface area contributed by atoms with Gasteiger partial charge in [-0.15, -0.1) is 0 Å². The van der Waals surface area contributed by atoms with Gasteiger partial charge in [0.05, 0.1) is 5.60 Å². The first-order chi connectivity index (χ1) is 9.69. The Morgan fingerprint density at radius 1 is 1.25 bits per heavy atom. The summed E-state index contributed by atoms with van der Waals surface area (Å²) in [5, 5.41) is 3.73. The number of aryl methyl sites for hydroxylation is 1. The van der Waals surface area contributed by atoms with Gasteiger partial charge in [-0.05, 0) is 60.2 Å². The number of rotatable bonds is 2. The minimum atomic E-state index is 0.171. The van der Waals surface area contributed by atoms with E-state index in [0.29, 0.717) is 6.04 Å². The lowest BCUT2D eigenvalue weighted by Gasteiger charge is -2.44. The van der Waals surface area contributed by atoms with Crippen molar-refractivity contribution >= 4 is 21.6 Å². The monoisotopic (exact) mass is 337 g/mol. The van der Waals surface area contributed by atoms with Crippen LogP contribution in [0.5, 0.6) is 0 Å². The summed E-state index contributed by atoms with van der Waals surface area (Å²) in [6, 6.07) is 6.97. The largest absolute Gasteiger partial charge is 0.381 e. The molecular formula is C17H24BrNO. The molecule has 1 aromatic rings. The van der Waals surface area contributed by atoms with Crippen molar-refractivity contribution in [3.05, 3.63) is 28.2 Å². The summed E-state index contributed by atoms with van der Waals surface area (Å²) >= 11 is 3.70. The van der Waals surface area contributed by atoms with Gasteiger partial charge in [-0.1, -0.05) is 31.4 Å². The van der Waals surface area contributed by atoms with E-state index in [0.717, 1.165) is 19.4 Å². The van der Waals surface area contributed by atoms with E-state index in [9.17, 15) is 0 Å². The highest BCUT2D eigenvalue weighted by Crippen LogP contribution is 2.39. The molecule has 1 atom stereocenters. The summed E-state index contributed by atoms with van der Waals surface area (Å²) in [7, 11) is 0. The van der Waals surface area contributed by atoms with Crippen LogP contribution >= 0.6 is 15.9 Å². The second-order valence-corrected chi connectivity index (χ2v) is 7.16. The second-order valence-electron chi connectivity index (χ2n) is 6.36. The van der Waals surface area contributed by atoms with E-state index >= 15 is 0 Å². The van der Waals surface area contributed by atoms with Gasteiger partial charge in [-0.2, -0.15) is 0 Å². The Bertz CT molecular complexity index is 463. The summed E-state index contributed by atoms with van der Waals surface area (Å²) in [5.41, 5.74) is 2.68. The van der Waals surface area contributed by atoms with Gasteiger partial charge >= 0.3 is 0 Å². The van der Waals surface area contributed by atoms with E-state index in [4.69, 9.17) is 4.74 Å². The maximum Gasteiger partial charge on any atom is 0.0702 e. The molecule has 1 saturated heterocycles. The lowest BCUT2D eigenvalue weighted by molar-refractivity contribution is -0.103. The maximum atomic E-state index is 6.18. The van der Waals surface area contributed by atoms with Crippen LogP contribution in [0.25, 0.3) is 0 Å². The molecule has 2 fully saturated rings. The van der Waals surface area contributed by atoms with Crippen molar-refractivity contribution in [3.63, 3.8) is 0 Å². The summed E-state index contributed by atoms with van der Waals surface area (Å²) in [4.78, 5) is 0.